The van der Waals surface area contributed by atoms with Crippen LogP contribution in [0.25, 0.3) is 10.9 Å². The van der Waals surface area contributed by atoms with Crippen LogP contribution in [0, 0.1) is 12.7 Å². The van der Waals surface area contributed by atoms with Crippen LogP contribution < -0.4 is 14.8 Å². The molecule has 0 radical (unpaired) electrons. The molecular formula is C24H29FN4O2. The van der Waals surface area contributed by atoms with Crippen LogP contribution in [0.5, 0.6) is 11.5 Å². The number of benzene rings is 2. The fraction of sp³-hybridized carbons (Fsp3) is 0.417. The van der Waals surface area contributed by atoms with Gasteiger partial charge in [0.1, 0.15) is 18.0 Å². The zero-order valence-electron chi connectivity index (χ0n) is 18.2. The molecule has 4 rings (SSSR count). The van der Waals surface area contributed by atoms with Crippen molar-refractivity contribution in [1.29, 1.82) is 0 Å². The molecule has 0 unspecified atom stereocenters. The van der Waals surface area contributed by atoms with Crippen LogP contribution in [0.4, 0.5) is 15.9 Å². The van der Waals surface area contributed by atoms with Crippen LogP contribution in [0.2, 0.25) is 0 Å². The molecule has 0 saturated carbocycles. The summed E-state index contributed by atoms with van der Waals surface area (Å²) in [5.74, 6) is 1.45. The number of rotatable bonds is 9. The Bertz CT molecular complexity index is 1040. The zero-order chi connectivity index (χ0) is 21.6. The van der Waals surface area contributed by atoms with Crippen molar-refractivity contribution >= 4 is 22.4 Å². The summed E-state index contributed by atoms with van der Waals surface area (Å²) in [5.41, 5.74) is 1.93. The van der Waals surface area contributed by atoms with Crippen LogP contribution in [0.3, 0.4) is 0 Å². The lowest BCUT2D eigenvalue weighted by Gasteiger charge is -2.15. The summed E-state index contributed by atoms with van der Waals surface area (Å²) in [5, 5.41) is 3.81. The lowest BCUT2D eigenvalue weighted by molar-refractivity contribution is 0.269. The summed E-state index contributed by atoms with van der Waals surface area (Å²) >= 11 is 0. The molecular weight excluding hydrogens is 395 g/mol. The number of nitrogens with one attached hydrogen (secondary N) is 1. The van der Waals surface area contributed by atoms with E-state index in [1.807, 2.05) is 25.1 Å². The molecule has 0 spiro atoms. The molecule has 1 aliphatic rings. The number of hydrogen-bond donors (Lipinski definition) is 1. The first-order chi connectivity index (χ1) is 15.1. The second kappa shape index (κ2) is 9.92. The van der Waals surface area contributed by atoms with E-state index in [2.05, 4.69) is 20.2 Å². The molecule has 1 saturated heterocycles. The van der Waals surface area contributed by atoms with Gasteiger partial charge >= 0.3 is 0 Å². The number of likely N-dealkylation sites (tertiary alicyclic amines) is 1. The molecule has 164 valence electrons. The third kappa shape index (κ3) is 5.22. The Morgan fingerprint density at radius 1 is 1.06 bits per heavy atom. The Kier molecular flexibility index (Phi) is 6.82. The molecule has 31 heavy (non-hydrogen) atoms. The Labute approximate surface area is 182 Å². The van der Waals surface area contributed by atoms with Gasteiger partial charge in [0.2, 0.25) is 0 Å². The second-order valence-corrected chi connectivity index (χ2v) is 7.96. The third-order valence-corrected chi connectivity index (χ3v) is 5.62. The van der Waals surface area contributed by atoms with Crippen molar-refractivity contribution in [3.63, 3.8) is 0 Å². The minimum atomic E-state index is -0.326. The van der Waals surface area contributed by atoms with E-state index in [1.54, 1.807) is 13.2 Å². The normalized spacial score (nSPS) is 14.2. The molecule has 2 aromatic carbocycles. The number of aromatic nitrogens is 2. The molecule has 3 aromatic rings. The second-order valence-electron chi connectivity index (χ2n) is 7.96. The van der Waals surface area contributed by atoms with Gasteiger partial charge in [-0.3, -0.25) is 0 Å². The highest BCUT2D eigenvalue weighted by molar-refractivity contribution is 5.93. The van der Waals surface area contributed by atoms with E-state index in [0.717, 1.165) is 30.3 Å². The number of anilines is 2. The van der Waals surface area contributed by atoms with Gasteiger partial charge in [-0.25, -0.2) is 14.4 Å². The van der Waals surface area contributed by atoms with E-state index >= 15 is 0 Å². The van der Waals surface area contributed by atoms with Crippen molar-refractivity contribution < 1.29 is 13.9 Å². The van der Waals surface area contributed by atoms with Crippen LogP contribution in [0.1, 0.15) is 31.2 Å². The third-order valence-electron chi connectivity index (χ3n) is 5.62. The monoisotopic (exact) mass is 424 g/mol. The fourth-order valence-electron chi connectivity index (χ4n) is 3.91. The van der Waals surface area contributed by atoms with Gasteiger partial charge in [0.05, 0.1) is 24.9 Å². The number of aryl methyl sites for hydroxylation is 1. The maximum Gasteiger partial charge on any atom is 0.163 e. The summed E-state index contributed by atoms with van der Waals surface area (Å²) in [4.78, 5) is 11.2. The number of methoxy groups -OCH3 is 1. The quantitative estimate of drug-likeness (QED) is 0.483. The molecule has 0 aliphatic carbocycles. The minimum absolute atomic E-state index is 0.326. The molecule has 0 bridgehead atoms. The summed E-state index contributed by atoms with van der Waals surface area (Å²) in [6.07, 6.45) is 6.21. The number of fused-ring (bicyclic) bond motifs is 1. The van der Waals surface area contributed by atoms with Gasteiger partial charge in [0, 0.05) is 11.5 Å². The number of nitrogens with zero attached hydrogens (tertiary/aromatic N) is 3. The number of hydrogen-bond acceptors (Lipinski definition) is 6. The highest BCUT2D eigenvalue weighted by Crippen LogP contribution is 2.35. The van der Waals surface area contributed by atoms with Crippen molar-refractivity contribution in [1.82, 2.24) is 14.9 Å². The first kappa shape index (κ1) is 21.3. The molecule has 6 nitrogen and oxygen atoms in total. The zero-order valence-corrected chi connectivity index (χ0v) is 18.2. The van der Waals surface area contributed by atoms with Crippen LogP contribution >= 0.6 is 0 Å². The first-order valence-electron chi connectivity index (χ1n) is 10.8. The summed E-state index contributed by atoms with van der Waals surface area (Å²) in [6, 6.07) is 8.73. The summed E-state index contributed by atoms with van der Waals surface area (Å²) in [6.45, 7) is 6.06. The number of halogens is 1. The van der Waals surface area contributed by atoms with E-state index in [1.165, 1.54) is 38.3 Å². The Morgan fingerprint density at radius 2 is 1.90 bits per heavy atom. The molecule has 1 aromatic heterocycles. The molecule has 1 fully saturated rings. The SMILES string of the molecule is COc1cc2c(Nc3ccc(C)cc3F)ncnc2cc1OCCCCN1CCCC1. The largest absolute Gasteiger partial charge is 0.493 e. The topological polar surface area (TPSA) is 59.5 Å². The van der Waals surface area contributed by atoms with Crippen molar-refractivity contribution in [2.75, 3.05) is 38.7 Å². The first-order valence-corrected chi connectivity index (χ1v) is 10.8. The van der Waals surface area contributed by atoms with Gasteiger partial charge in [-0.05, 0) is 76.0 Å². The van der Waals surface area contributed by atoms with E-state index in [0.29, 0.717) is 35.1 Å². The van der Waals surface area contributed by atoms with E-state index in [9.17, 15) is 4.39 Å². The van der Waals surface area contributed by atoms with E-state index in [4.69, 9.17) is 9.47 Å². The molecule has 2 heterocycles. The predicted molar refractivity (Wildman–Crippen MR) is 121 cm³/mol. The molecule has 0 amide bonds. The lowest BCUT2D eigenvalue weighted by Crippen LogP contribution is -2.20. The Hall–Kier alpha value is -2.93. The van der Waals surface area contributed by atoms with Crippen LogP contribution in [-0.2, 0) is 0 Å². The fourth-order valence-corrected chi connectivity index (χ4v) is 3.91. The van der Waals surface area contributed by atoms with Gasteiger partial charge in [-0.15, -0.1) is 0 Å². The van der Waals surface area contributed by atoms with E-state index < -0.39 is 0 Å². The van der Waals surface area contributed by atoms with Gasteiger partial charge in [0.25, 0.3) is 0 Å². The predicted octanol–water partition coefficient (Wildman–Crippen LogP) is 5.08. The van der Waals surface area contributed by atoms with Crippen molar-refractivity contribution in [2.45, 2.75) is 32.6 Å². The van der Waals surface area contributed by atoms with Gasteiger partial charge in [-0.1, -0.05) is 6.07 Å². The Balaban J connectivity index is 1.47. The average Bonchev–Trinajstić information content (AvgIpc) is 3.28. The maximum absolute atomic E-state index is 14.3. The van der Waals surface area contributed by atoms with Gasteiger partial charge in [-0.2, -0.15) is 0 Å². The summed E-state index contributed by atoms with van der Waals surface area (Å²) in [7, 11) is 1.61. The average molecular weight is 425 g/mol. The van der Waals surface area contributed by atoms with Crippen molar-refractivity contribution in [2.24, 2.45) is 0 Å². The molecule has 1 aliphatic heterocycles. The van der Waals surface area contributed by atoms with Crippen molar-refractivity contribution in [3.05, 3.63) is 48.0 Å². The number of unbranched alkanes of at least 4 members (excludes halogenated alkanes) is 1. The lowest BCUT2D eigenvalue weighted by atomic mass is 10.2. The molecule has 1 N–H and O–H groups in total. The molecule has 0 atom stereocenters. The summed E-state index contributed by atoms with van der Waals surface area (Å²) < 4.78 is 25.8. The highest BCUT2D eigenvalue weighted by Gasteiger charge is 2.14. The van der Waals surface area contributed by atoms with Gasteiger partial charge < -0.3 is 19.7 Å². The van der Waals surface area contributed by atoms with Crippen LogP contribution in [0.15, 0.2) is 36.7 Å². The van der Waals surface area contributed by atoms with E-state index in [-0.39, 0.29) is 5.82 Å². The molecule has 7 heteroatoms. The Morgan fingerprint density at radius 3 is 2.68 bits per heavy atom. The van der Waals surface area contributed by atoms with Crippen molar-refractivity contribution in [3.8, 4) is 11.5 Å². The highest BCUT2D eigenvalue weighted by atomic mass is 19.1. The standard InChI is InChI=1S/C24H29FN4O2/c1-17-7-8-20(19(25)13-17)28-24-18-14-22(30-2)23(15-21(18)26-16-27-24)31-12-6-5-11-29-9-3-4-10-29/h7-8,13-16H,3-6,9-12H2,1-2H3,(H,26,27,28). The smallest absolute Gasteiger partial charge is 0.163 e. The maximum atomic E-state index is 14.3. The van der Waals surface area contributed by atoms with Crippen LogP contribution in [-0.4, -0.2) is 48.2 Å². The number of ether oxygens (including phenoxy) is 2. The van der Waals surface area contributed by atoms with Gasteiger partial charge in [0.15, 0.2) is 11.5 Å². The minimum Gasteiger partial charge on any atom is -0.493 e.